The van der Waals surface area contributed by atoms with Gasteiger partial charge in [0.05, 0.1) is 18.4 Å². The second kappa shape index (κ2) is 5.38. The zero-order chi connectivity index (χ0) is 14.9. The molecule has 0 aliphatic heterocycles. The number of nitrogen functional groups attached to an aromatic ring is 1. The first-order valence-corrected chi connectivity index (χ1v) is 6.03. The summed E-state index contributed by atoms with van der Waals surface area (Å²) < 4.78 is 4.61. The van der Waals surface area contributed by atoms with Crippen LogP contribution in [0.1, 0.15) is 22.0 Å². The highest BCUT2D eigenvalue weighted by molar-refractivity contribution is 6.35. The molecule has 2 aromatic heterocycles. The standard InChI is InChI=1S/C12H12ClN5O2/c1-5-7(4-15-6(2)16-5)11-17-9(12(19)20-3)8(13)10(14)18-11/h4H,1-3H3,(H2,14,17,18). The van der Waals surface area contributed by atoms with E-state index in [9.17, 15) is 4.79 Å². The molecule has 0 radical (unpaired) electrons. The van der Waals surface area contributed by atoms with E-state index in [1.165, 1.54) is 7.11 Å². The molecule has 0 saturated carbocycles. The van der Waals surface area contributed by atoms with Gasteiger partial charge in [0.1, 0.15) is 16.7 Å². The summed E-state index contributed by atoms with van der Waals surface area (Å²) >= 11 is 5.91. The number of nitrogens with two attached hydrogens (primary N) is 1. The maximum Gasteiger partial charge on any atom is 0.358 e. The highest BCUT2D eigenvalue weighted by Crippen LogP contribution is 2.26. The summed E-state index contributed by atoms with van der Waals surface area (Å²) in [6, 6.07) is 0. The van der Waals surface area contributed by atoms with Gasteiger partial charge in [-0.2, -0.15) is 0 Å². The lowest BCUT2D eigenvalue weighted by Crippen LogP contribution is -2.10. The number of carbonyl (C=O) groups excluding carboxylic acids is 1. The number of carbonyl (C=O) groups is 1. The summed E-state index contributed by atoms with van der Waals surface area (Å²) in [5.41, 5.74) is 6.86. The normalized spacial score (nSPS) is 10.4. The second-order valence-corrected chi connectivity index (χ2v) is 4.38. The van der Waals surface area contributed by atoms with Crippen molar-refractivity contribution in [2.45, 2.75) is 13.8 Å². The molecule has 8 heteroatoms. The molecule has 0 amide bonds. The third-order valence-electron chi connectivity index (χ3n) is 2.60. The Labute approximate surface area is 120 Å². The van der Waals surface area contributed by atoms with Gasteiger partial charge >= 0.3 is 5.97 Å². The smallest absolute Gasteiger partial charge is 0.358 e. The maximum absolute atomic E-state index is 11.6. The molecule has 0 aromatic carbocycles. The molecule has 0 atom stereocenters. The topological polar surface area (TPSA) is 104 Å². The highest BCUT2D eigenvalue weighted by Gasteiger charge is 2.19. The Kier molecular flexibility index (Phi) is 3.80. The Balaban J connectivity index is 2.63. The number of aryl methyl sites for hydroxylation is 2. The number of esters is 1. The molecule has 20 heavy (non-hydrogen) atoms. The van der Waals surface area contributed by atoms with Crippen molar-refractivity contribution in [3.8, 4) is 11.4 Å². The van der Waals surface area contributed by atoms with Crippen molar-refractivity contribution in [3.63, 3.8) is 0 Å². The molecule has 0 bridgehead atoms. The lowest BCUT2D eigenvalue weighted by atomic mass is 10.2. The van der Waals surface area contributed by atoms with E-state index in [0.29, 0.717) is 17.1 Å². The summed E-state index contributed by atoms with van der Waals surface area (Å²) in [4.78, 5) is 28.1. The van der Waals surface area contributed by atoms with E-state index >= 15 is 0 Å². The van der Waals surface area contributed by atoms with Crippen molar-refractivity contribution in [1.29, 1.82) is 0 Å². The van der Waals surface area contributed by atoms with E-state index < -0.39 is 5.97 Å². The molecule has 0 fully saturated rings. The molecule has 0 spiro atoms. The van der Waals surface area contributed by atoms with Gasteiger partial charge in [-0.05, 0) is 13.8 Å². The van der Waals surface area contributed by atoms with Crippen molar-refractivity contribution >= 4 is 23.4 Å². The van der Waals surface area contributed by atoms with Gasteiger partial charge in [0.15, 0.2) is 11.5 Å². The van der Waals surface area contributed by atoms with Crippen LogP contribution in [-0.4, -0.2) is 33.0 Å². The average molecular weight is 294 g/mol. The molecule has 2 rings (SSSR count). The van der Waals surface area contributed by atoms with Crippen LogP contribution in [0.25, 0.3) is 11.4 Å². The molecule has 2 heterocycles. The van der Waals surface area contributed by atoms with Gasteiger partial charge in [0, 0.05) is 6.20 Å². The molecule has 2 N–H and O–H groups in total. The van der Waals surface area contributed by atoms with Crippen LogP contribution in [0.15, 0.2) is 6.20 Å². The fraction of sp³-hybridized carbons (Fsp3) is 0.250. The molecular weight excluding hydrogens is 282 g/mol. The van der Waals surface area contributed by atoms with E-state index in [2.05, 4.69) is 24.7 Å². The second-order valence-electron chi connectivity index (χ2n) is 4.00. The van der Waals surface area contributed by atoms with E-state index in [1.54, 1.807) is 20.0 Å². The van der Waals surface area contributed by atoms with Crippen molar-refractivity contribution in [1.82, 2.24) is 19.9 Å². The number of aromatic nitrogens is 4. The first-order chi connectivity index (χ1) is 9.43. The van der Waals surface area contributed by atoms with Gasteiger partial charge in [-0.15, -0.1) is 0 Å². The molecular formula is C12H12ClN5O2. The largest absolute Gasteiger partial charge is 0.464 e. The fourth-order valence-electron chi connectivity index (χ4n) is 1.62. The average Bonchev–Trinajstić information content (AvgIpc) is 2.41. The van der Waals surface area contributed by atoms with Crippen LogP contribution in [0.4, 0.5) is 5.82 Å². The molecule has 0 aliphatic carbocycles. The van der Waals surface area contributed by atoms with Crippen LogP contribution in [0, 0.1) is 13.8 Å². The van der Waals surface area contributed by atoms with Crippen LogP contribution in [0.3, 0.4) is 0 Å². The van der Waals surface area contributed by atoms with Crippen LogP contribution in [0.2, 0.25) is 5.02 Å². The van der Waals surface area contributed by atoms with Crippen LogP contribution in [0.5, 0.6) is 0 Å². The van der Waals surface area contributed by atoms with E-state index in [4.69, 9.17) is 17.3 Å². The van der Waals surface area contributed by atoms with Crippen molar-refractivity contribution < 1.29 is 9.53 Å². The van der Waals surface area contributed by atoms with Gasteiger partial charge in [-0.3, -0.25) is 0 Å². The number of methoxy groups -OCH3 is 1. The van der Waals surface area contributed by atoms with Crippen molar-refractivity contribution in [2.24, 2.45) is 0 Å². The minimum absolute atomic E-state index is 0.00274. The molecule has 2 aromatic rings. The summed E-state index contributed by atoms with van der Waals surface area (Å²) in [6.07, 6.45) is 1.57. The van der Waals surface area contributed by atoms with Crippen LogP contribution < -0.4 is 5.73 Å². The minimum atomic E-state index is -0.684. The Morgan fingerprint density at radius 2 is 2.00 bits per heavy atom. The first-order valence-electron chi connectivity index (χ1n) is 5.66. The predicted octanol–water partition coefficient (Wildman–Crippen LogP) is 1.57. The third-order valence-corrected chi connectivity index (χ3v) is 2.97. The van der Waals surface area contributed by atoms with E-state index in [-0.39, 0.29) is 22.4 Å². The number of nitrogens with zero attached hydrogens (tertiary/aromatic N) is 4. The summed E-state index contributed by atoms with van der Waals surface area (Å²) in [7, 11) is 1.23. The highest BCUT2D eigenvalue weighted by atomic mass is 35.5. The molecule has 0 saturated heterocycles. The van der Waals surface area contributed by atoms with Crippen molar-refractivity contribution in [3.05, 3.63) is 28.4 Å². The number of halogens is 1. The number of rotatable bonds is 2. The van der Waals surface area contributed by atoms with Crippen LogP contribution >= 0.6 is 11.6 Å². The molecule has 0 aliphatic rings. The SMILES string of the molecule is COC(=O)c1nc(-c2cnc(C)nc2C)nc(N)c1Cl. The summed E-state index contributed by atoms with van der Waals surface area (Å²) in [6.45, 7) is 3.56. The number of hydrogen-bond acceptors (Lipinski definition) is 7. The minimum Gasteiger partial charge on any atom is -0.464 e. The maximum atomic E-state index is 11.6. The van der Waals surface area contributed by atoms with Gasteiger partial charge in [-0.25, -0.2) is 24.7 Å². The zero-order valence-electron chi connectivity index (χ0n) is 11.1. The number of hydrogen-bond donors (Lipinski definition) is 1. The quantitative estimate of drug-likeness (QED) is 0.838. The number of anilines is 1. The van der Waals surface area contributed by atoms with Crippen LogP contribution in [-0.2, 0) is 4.74 Å². The van der Waals surface area contributed by atoms with E-state index in [0.717, 1.165) is 0 Å². The van der Waals surface area contributed by atoms with Crippen molar-refractivity contribution in [2.75, 3.05) is 12.8 Å². The van der Waals surface area contributed by atoms with Gasteiger partial charge in [0.25, 0.3) is 0 Å². The van der Waals surface area contributed by atoms with Gasteiger partial charge < -0.3 is 10.5 Å². The Morgan fingerprint density at radius 1 is 1.30 bits per heavy atom. The number of ether oxygens (including phenoxy) is 1. The first kappa shape index (κ1) is 14.1. The third kappa shape index (κ3) is 2.53. The monoisotopic (exact) mass is 293 g/mol. The summed E-state index contributed by atoms with van der Waals surface area (Å²) in [5, 5.41) is -0.0358. The Hall–Kier alpha value is -2.28. The van der Waals surface area contributed by atoms with Gasteiger partial charge in [0.2, 0.25) is 0 Å². The zero-order valence-corrected chi connectivity index (χ0v) is 11.9. The molecule has 104 valence electrons. The Bertz CT molecular complexity index is 690. The lowest BCUT2D eigenvalue weighted by Gasteiger charge is -2.08. The molecule has 7 nitrogen and oxygen atoms in total. The van der Waals surface area contributed by atoms with E-state index in [1.807, 2.05) is 0 Å². The fourth-order valence-corrected chi connectivity index (χ4v) is 1.78. The van der Waals surface area contributed by atoms with Gasteiger partial charge in [-0.1, -0.05) is 11.6 Å². The molecule has 0 unspecified atom stereocenters. The Morgan fingerprint density at radius 3 is 2.60 bits per heavy atom. The predicted molar refractivity (Wildman–Crippen MR) is 73.3 cm³/mol. The lowest BCUT2D eigenvalue weighted by molar-refractivity contribution is 0.0594. The summed E-state index contributed by atoms with van der Waals surface area (Å²) in [5.74, 6) is 0.166.